The number of hydrogen-bond donors (Lipinski definition) is 2. The number of nitrogens with one attached hydrogen (secondary N) is 2. The van der Waals surface area contributed by atoms with Gasteiger partial charge in [0.15, 0.2) is 11.8 Å². The van der Waals surface area contributed by atoms with Crippen molar-refractivity contribution >= 4 is 17.6 Å². The summed E-state index contributed by atoms with van der Waals surface area (Å²) in [6.45, 7) is 8.49. The van der Waals surface area contributed by atoms with E-state index in [1.165, 1.54) is 19.4 Å². The molecule has 1 aliphatic heterocycles. The van der Waals surface area contributed by atoms with E-state index in [4.69, 9.17) is 21.3 Å². The number of benzene rings is 1. The van der Waals surface area contributed by atoms with E-state index in [-0.39, 0.29) is 0 Å². The van der Waals surface area contributed by atoms with E-state index >= 15 is 0 Å². The van der Waals surface area contributed by atoms with Crippen molar-refractivity contribution in [3.8, 4) is 5.75 Å². The third-order valence-electron chi connectivity index (χ3n) is 5.92. The monoisotopic (exact) mass is 447 g/mol. The lowest BCUT2D eigenvalue weighted by molar-refractivity contribution is 0.267. The van der Waals surface area contributed by atoms with Gasteiger partial charge in [0.25, 0.3) is 0 Å². The van der Waals surface area contributed by atoms with Gasteiger partial charge in [-0.05, 0) is 57.0 Å². The molecule has 1 saturated heterocycles. The van der Waals surface area contributed by atoms with Gasteiger partial charge >= 0.3 is 0 Å². The number of nitrogens with zero attached hydrogens (tertiary/aromatic N) is 5. The number of likely N-dealkylation sites (tertiary alicyclic amines) is 1. The molecule has 1 fully saturated rings. The minimum absolute atomic E-state index is 0.470. The number of likely N-dealkylation sites (N-methyl/N-ethyl adjacent to an activating group) is 1. The van der Waals surface area contributed by atoms with E-state index in [1.807, 2.05) is 36.7 Å². The molecule has 2 heterocycles. The predicted molar refractivity (Wildman–Crippen MR) is 125 cm³/mol. The van der Waals surface area contributed by atoms with Gasteiger partial charge in [-0.2, -0.15) is 0 Å². The third kappa shape index (κ3) is 6.33. The highest BCUT2D eigenvalue weighted by Gasteiger charge is 2.22. The third-order valence-corrected chi connectivity index (χ3v) is 6.27. The molecule has 0 radical (unpaired) electrons. The number of aliphatic imine (C=N–C) groups is 1. The number of ether oxygens (including phenoxy) is 1. The summed E-state index contributed by atoms with van der Waals surface area (Å²) in [5.41, 5.74) is 1.08. The molecule has 9 heteroatoms. The Kier molecular flexibility index (Phi) is 8.54. The summed E-state index contributed by atoms with van der Waals surface area (Å²) in [5, 5.41) is 16.0. The Morgan fingerprint density at radius 2 is 2.16 bits per heavy atom. The van der Waals surface area contributed by atoms with E-state index in [9.17, 15) is 0 Å². The molecule has 1 aliphatic rings. The van der Waals surface area contributed by atoms with Crippen LogP contribution in [0.2, 0.25) is 5.02 Å². The van der Waals surface area contributed by atoms with Crippen LogP contribution in [0.3, 0.4) is 0 Å². The van der Waals surface area contributed by atoms with E-state index in [1.54, 1.807) is 7.11 Å². The molecule has 1 unspecified atom stereocenters. The second-order valence-corrected chi connectivity index (χ2v) is 8.23. The molecule has 170 valence electrons. The van der Waals surface area contributed by atoms with Crippen molar-refractivity contribution in [1.82, 2.24) is 30.3 Å². The minimum Gasteiger partial charge on any atom is -0.497 e. The van der Waals surface area contributed by atoms with E-state index in [0.717, 1.165) is 55.0 Å². The van der Waals surface area contributed by atoms with Gasteiger partial charge in [-0.3, -0.25) is 4.90 Å². The first-order valence-electron chi connectivity index (χ1n) is 10.9. The van der Waals surface area contributed by atoms with Crippen LogP contribution < -0.4 is 15.4 Å². The number of aromatic nitrogens is 3. The minimum atomic E-state index is 0.470. The zero-order chi connectivity index (χ0) is 22.2. The Labute approximate surface area is 190 Å². The Morgan fingerprint density at radius 3 is 2.84 bits per heavy atom. The van der Waals surface area contributed by atoms with E-state index in [2.05, 4.69) is 32.7 Å². The molecule has 0 spiro atoms. The Morgan fingerprint density at radius 1 is 1.32 bits per heavy atom. The molecule has 1 aromatic heterocycles. The molecule has 0 bridgehead atoms. The van der Waals surface area contributed by atoms with Crippen LogP contribution in [0.5, 0.6) is 5.75 Å². The van der Waals surface area contributed by atoms with Crippen molar-refractivity contribution in [2.75, 3.05) is 33.3 Å². The van der Waals surface area contributed by atoms with Crippen molar-refractivity contribution in [1.29, 1.82) is 0 Å². The molecule has 1 aromatic carbocycles. The fraction of sp³-hybridized carbons (Fsp3) is 0.591. The topological polar surface area (TPSA) is 79.6 Å². The lowest BCUT2D eigenvalue weighted by atomic mass is 10.1. The fourth-order valence-corrected chi connectivity index (χ4v) is 4.11. The van der Waals surface area contributed by atoms with Crippen LogP contribution in [0.25, 0.3) is 0 Å². The molecule has 0 aliphatic carbocycles. The van der Waals surface area contributed by atoms with Crippen molar-refractivity contribution in [2.24, 2.45) is 12.0 Å². The van der Waals surface area contributed by atoms with Crippen LogP contribution in [-0.4, -0.2) is 65.0 Å². The zero-order valence-electron chi connectivity index (χ0n) is 19.0. The summed E-state index contributed by atoms with van der Waals surface area (Å²) < 4.78 is 7.20. The largest absolute Gasteiger partial charge is 0.497 e. The second kappa shape index (κ2) is 11.3. The maximum absolute atomic E-state index is 6.39. The first-order chi connectivity index (χ1) is 15.0. The lowest BCUT2D eigenvalue weighted by Gasteiger charge is -2.24. The number of hydrogen-bond acceptors (Lipinski definition) is 5. The molecular formula is C22H34ClN7O. The summed E-state index contributed by atoms with van der Waals surface area (Å²) >= 11 is 6.39. The molecule has 0 saturated carbocycles. The Hall–Kier alpha value is -2.32. The normalized spacial score (nSPS) is 17.2. The van der Waals surface area contributed by atoms with Gasteiger partial charge < -0.3 is 19.9 Å². The van der Waals surface area contributed by atoms with Gasteiger partial charge in [-0.1, -0.05) is 24.6 Å². The average Bonchev–Trinajstić information content (AvgIpc) is 3.37. The Balaban J connectivity index is 1.61. The molecule has 2 aromatic rings. The summed E-state index contributed by atoms with van der Waals surface area (Å²) in [5.74, 6) is 3.27. The van der Waals surface area contributed by atoms with Gasteiger partial charge in [0.1, 0.15) is 18.1 Å². The highest BCUT2D eigenvalue weighted by Crippen LogP contribution is 2.22. The van der Waals surface area contributed by atoms with Crippen LogP contribution >= 0.6 is 11.6 Å². The van der Waals surface area contributed by atoms with Crippen molar-refractivity contribution < 1.29 is 4.74 Å². The summed E-state index contributed by atoms with van der Waals surface area (Å²) in [4.78, 5) is 7.28. The Bertz CT molecular complexity index is 883. The first-order valence-corrected chi connectivity index (χ1v) is 11.3. The van der Waals surface area contributed by atoms with Crippen molar-refractivity contribution in [3.63, 3.8) is 0 Å². The van der Waals surface area contributed by atoms with E-state index < -0.39 is 0 Å². The molecule has 2 N–H and O–H groups in total. The molecular weight excluding hydrogens is 414 g/mol. The summed E-state index contributed by atoms with van der Waals surface area (Å²) in [6.07, 6.45) is 3.27. The first kappa shape index (κ1) is 23.3. The molecule has 31 heavy (non-hydrogen) atoms. The van der Waals surface area contributed by atoms with Crippen molar-refractivity contribution in [2.45, 2.75) is 45.7 Å². The molecule has 8 nitrogen and oxygen atoms in total. The van der Waals surface area contributed by atoms with Crippen LogP contribution in [0.4, 0.5) is 0 Å². The molecule has 0 amide bonds. The number of guanidine groups is 1. The summed E-state index contributed by atoms with van der Waals surface area (Å²) in [7, 11) is 3.61. The number of aryl methyl sites for hydroxylation is 1. The number of methoxy groups -OCH3 is 1. The zero-order valence-corrected chi connectivity index (χ0v) is 19.7. The van der Waals surface area contributed by atoms with Crippen LogP contribution in [0.1, 0.15) is 37.0 Å². The SMILES string of the molecule is CCN1CCCC1CNC(=NCc1nnc(C)n1C)NCCc1ccc(OC)cc1Cl. The average molecular weight is 448 g/mol. The molecule has 3 rings (SSSR count). The maximum atomic E-state index is 6.39. The van der Waals surface area contributed by atoms with Gasteiger partial charge in [0.05, 0.1) is 7.11 Å². The standard InChI is InChI=1S/C22H34ClN7O/c1-5-30-12-6-7-18(30)14-25-22(26-15-21-28-27-16(2)29(21)3)24-11-10-17-8-9-19(31-4)13-20(17)23/h8-9,13,18H,5-7,10-12,14-15H2,1-4H3,(H2,24,25,26). The van der Waals surface area contributed by atoms with Crippen molar-refractivity contribution in [3.05, 3.63) is 40.4 Å². The van der Waals surface area contributed by atoms with Crippen LogP contribution in [0.15, 0.2) is 23.2 Å². The van der Waals surface area contributed by atoms with Gasteiger partial charge in [0, 0.05) is 31.2 Å². The molecule has 1 atom stereocenters. The summed E-state index contributed by atoms with van der Waals surface area (Å²) in [6, 6.07) is 6.34. The smallest absolute Gasteiger partial charge is 0.191 e. The van der Waals surface area contributed by atoms with Gasteiger partial charge in [-0.15, -0.1) is 10.2 Å². The second-order valence-electron chi connectivity index (χ2n) is 7.83. The quantitative estimate of drug-likeness (QED) is 0.454. The highest BCUT2D eigenvalue weighted by atomic mass is 35.5. The predicted octanol–water partition coefficient (Wildman–Crippen LogP) is 2.55. The highest BCUT2D eigenvalue weighted by molar-refractivity contribution is 6.31. The van der Waals surface area contributed by atoms with Crippen LogP contribution in [0, 0.1) is 6.92 Å². The fourth-order valence-electron chi connectivity index (χ4n) is 3.84. The van der Waals surface area contributed by atoms with E-state index in [0.29, 0.717) is 17.6 Å². The van der Waals surface area contributed by atoms with Gasteiger partial charge in [0.2, 0.25) is 0 Å². The number of rotatable bonds is 9. The van der Waals surface area contributed by atoms with Crippen LogP contribution in [-0.2, 0) is 20.0 Å². The lowest BCUT2D eigenvalue weighted by Crippen LogP contribution is -2.45. The number of halogens is 1. The maximum Gasteiger partial charge on any atom is 0.191 e. The van der Waals surface area contributed by atoms with Gasteiger partial charge in [-0.25, -0.2) is 4.99 Å².